The van der Waals surface area contributed by atoms with Crippen LogP contribution in [0.4, 0.5) is 4.79 Å². The molecule has 0 atom stereocenters. The second kappa shape index (κ2) is 3.17. The molecule has 0 aliphatic heterocycles. The fourth-order valence-corrected chi connectivity index (χ4v) is 1.64. The van der Waals surface area contributed by atoms with Crippen molar-refractivity contribution in [1.82, 2.24) is 0 Å². The van der Waals surface area contributed by atoms with Crippen molar-refractivity contribution in [3.05, 3.63) is 34.9 Å². The number of halogens is 1. The van der Waals surface area contributed by atoms with Gasteiger partial charge in [0.25, 0.3) is 0 Å². The monoisotopic (exact) mass is 211 g/mol. The van der Waals surface area contributed by atoms with Crippen molar-refractivity contribution in [1.29, 1.82) is 0 Å². The zero-order valence-corrected chi connectivity index (χ0v) is 8.25. The van der Waals surface area contributed by atoms with Crippen LogP contribution in [0.25, 0.3) is 0 Å². The normalized spacial score (nSPS) is 17.5. The fraction of sp³-hybridized carbons (Fsp3) is 0.300. The Balaban J connectivity index is 2.22. The molecule has 1 aromatic rings. The molecule has 1 fully saturated rings. The van der Waals surface area contributed by atoms with Crippen LogP contribution in [0.5, 0.6) is 0 Å². The molecule has 2 rings (SSSR count). The van der Waals surface area contributed by atoms with Crippen LogP contribution in [0.3, 0.4) is 0 Å². The third-order valence-electron chi connectivity index (χ3n) is 2.37. The molecule has 14 heavy (non-hydrogen) atoms. The summed E-state index contributed by atoms with van der Waals surface area (Å²) in [5.41, 5.74) is 5.48. The van der Waals surface area contributed by atoms with E-state index < -0.39 is 11.7 Å². The summed E-state index contributed by atoms with van der Waals surface area (Å²) < 4.78 is 5.07. The first-order valence-corrected chi connectivity index (χ1v) is 4.75. The molecule has 1 saturated carbocycles. The number of carbonyl (C=O) groups excluding carboxylic acids is 1. The van der Waals surface area contributed by atoms with Crippen LogP contribution in [0, 0.1) is 0 Å². The van der Waals surface area contributed by atoms with Crippen molar-refractivity contribution in [2.24, 2.45) is 5.73 Å². The standard InChI is InChI=1S/C10H10ClNO2/c11-8-3-1-7(2-4-8)10(5-6-10)14-9(12)13/h1-4H,5-6H2,(H2,12,13). The van der Waals surface area contributed by atoms with Gasteiger partial charge in [0.1, 0.15) is 5.60 Å². The van der Waals surface area contributed by atoms with Crippen molar-refractivity contribution in [3.63, 3.8) is 0 Å². The van der Waals surface area contributed by atoms with E-state index in [-0.39, 0.29) is 0 Å². The van der Waals surface area contributed by atoms with Crippen LogP contribution >= 0.6 is 11.6 Å². The first-order valence-electron chi connectivity index (χ1n) is 4.37. The third kappa shape index (κ3) is 1.68. The Morgan fingerprint density at radius 1 is 1.36 bits per heavy atom. The summed E-state index contributed by atoms with van der Waals surface area (Å²) >= 11 is 5.76. The van der Waals surface area contributed by atoms with Gasteiger partial charge in [-0.15, -0.1) is 0 Å². The summed E-state index contributed by atoms with van der Waals surface area (Å²) in [6.07, 6.45) is 0.937. The minimum Gasteiger partial charge on any atom is -0.438 e. The third-order valence-corrected chi connectivity index (χ3v) is 2.62. The van der Waals surface area contributed by atoms with Gasteiger partial charge in [0, 0.05) is 5.02 Å². The van der Waals surface area contributed by atoms with E-state index in [0.29, 0.717) is 5.02 Å². The summed E-state index contributed by atoms with van der Waals surface area (Å²) in [6, 6.07) is 7.28. The maximum Gasteiger partial charge on any atom is 0.405 e. The molecular weight excluding hydrogens is 202 g/mol. The summed E-state index contributed by atoms with van der Waals surface area (Å²) in [7, 11) is 0. The lowest BCUT2D eigenvalue weighted by Gasteiger charge is -2.15. The van der Waals surface area contributed by atoms with Gasteiger partial charge in [-0.3, -0.25) is 0 Å². The predicted molar refractivity (Wildman–Crippen MR) is 53.0 cm³/mol. The van der Waals surface area contributed by atoms with Gasteiger partial charge >= 0.3 is 6.09 Å². The van der Waals surface area contributed by atoms with Gasteiger partial charge in [0.15, 0.2) is 0 Å². The van der Waals surface area contributed by atoms with E-state index in [1.54, 1.807) is 12.1 Å². The highest BCUT2D eigenvalue weighted by atomic mass is 35.5. The van der Waals surface area contributed by atoms with Crippen molar-refractivity contribution < 1.29 is 9.53 Å². The molecule has 0 radical (unpaired) electrons. The lowest BCUT2D eigenvalue weighted by molar-refractivity contribution is 0.0900. The maximum atomic E-state index is 10.7. The van der Waals surface area contributed by atoms with E-state index in [0.717, 1.165) is 18.4 Å². The van der Waals surface area contributed by atoms with Gasteiger partial charge in [-0.1, -0.05) is 23.7 Å². The number of nitrogens with two attached hydrogens (primary N) is 1. The highest BCUT2D eigenvalue weighted by Gasteiger charge is 2.48. The van der Waals surface area contributed by atoms with Crippen molar-refractivity contribution in [3.8, 4) is 0 Å². The minimum atomic E-state index is -0.725. The molecule has 74 valence electrons. The Kier molecular flexibility index (Phi) is 2.11. The van der Waals surface area contributed by atoms with Crippen LogP contribution < -0.4 is 5.73 Å². The molecule has 4 heteroatoms. The molecule has 0 unspecified atom stereocenters. The molecular formula is C10H10ClNO2. The average Bonchev–Trinajstić information content (AvgIpc) is 2.85. The van der Waals surface area contributed by atoms with Crippen LogP contribution in [0.15, 0.2) is 24.3 Å². The van der Waals surface area contributed by atoms with Crippen molar-refractivity contribution in [2.75, 3.05) is 0 Å². The first kappa shape index (κ1) is 9.34. The van der Waals surface area contributed by atoms with Gasteiger partial charge in [0.05, 0.1) is 0 Å². The van der Waals surface area contributed by atoms with E-state index in [4.69, 9.17) is 22.1 Å². The van der Waals surface area contributed by atoms with Crippen LogP contribution in [-0.4, -0.2) is 6.09 Å². The second-order valence-electron chi connectivity index (χ2n) is 3.42. The number of amides is 1. The van der Waals surface area contributed by atoms with Gasteiger partial charge in [-0.05, 0) is 30.5 Å². The van der Waals surface area contributed by atoms with E-state index in [1.165, 1.54) is 0 Å². The van der Waals surface area contributed by atoms with Crippen molar-refractivity contribution in [2.45, 2.75) is 18.4 Å². The smallest absolute Gasteiger partial charge is 0.405 e. The fourth-order valence-electron chi connectivity index (χ4n) is 1.51. The lowest BCUT2D eigenvalue weighted by Crippen LogP contribution is -2.22. The molecule has 0 heterocycles. The number of rotatable bonds is 2. The first-order chi connectivity index (χ1) is 6.62. The molecule has 0 spiro atoms. The highest BCUT2D eigenvalue weighted by molar-refractivity contribution is 6.30. The van der Waals surface area contributed by atoms with Gasteiger partial charge < -0.3 is 10.5 Å². The number of benzene rings is 1. The van der Waals surface area contributed by atoms with E-state index in [1.807, 2.05) is 12.1 Å². The molecule has 1 aliphatic rings. The Hall–Kier alpha value is -1.22. The summed E-state index contributed by atoms with van der Waals surface area (Å²) in [4.78, 5) is 10.7. The summed E-state index contributed by atoms with van der Waals surface area (Å²) in [5.74, 6) is 0. The Morgan fingerprint density at radius 2 is 1.93 bits per heavy atom. The van der Waals surface area contributed by atoms with Crippen LogP contribution in [-0.2, 0) is 10.3 Å². The number of hydrogen-bond acceptors (Lipinski definition) is 2. The number of carbonyl (C=O) groups is 1. The summed E-state index contributed by atoms with van der Waals surface area (Å²) in [5, 5.41) is 0.670. The molecule has 0 saturated heterocycles. The minimum absolute atomic E-state index is 0.476. The van der Waals surface area contributed by atoms with Gasteiger partial charge in [-0.25, -0.2) is 4.79 Å². The van der Waals surface area contributed by atoms with Crippen LogP contribution in [0.1, 0.15) is 18.4 Å². The quantitative estimate of drug-likeness (QED) is 0.817. The molecule has 1 amide bonds. The zero-order valence-electron chi connectivity index (χ0n) is 7.50. The summed E-state index contributed by atoms with van der Waals surface area (Å²) in [6.45, 7) is 0. The number of hydrogen-bond donors (Lipinski definition) is 1. The molecule has 0 bridgehead atoms. The average molecular weight is 212 g/mol. The number of ether oxygens (including phenoxy) is 1. The maximum absolute atomic E-state index is 10.7. The Labute approximate surface area is 86.8 Å². The largest absolute Gasteiger partial charge is 0.438 e. The van der Waals surface area contributed by atoms with Crippen molar-refractivity contribution >= 4 is 17.7 Å². The molecule has 3 nitrogen and oxygen atoms in total. The van der Waals surface area contributed by atoms with Crippen LogP contribution in [0.2, 0.25) is 5.02 Å². The van der Waals surface area contributed by atoms with E-state index in [2.05, 4.69) is 0 Å². The zero-order chi connectivity index (χ0) is 10.2. The molecule has 1 aromatic carbocycles. The number of primary amides is 1. The predicted octanol–water partition coefficient (Wildman–Crippen LogP) is 2.42. The van der Waals surface area contributed by atoms with Gasteiger partial charge in [-0.2, -0.15) is 0 Å². The topological polar surface area (TPSA) is 52.3 Å². The Bertz CT molecular complexity index is 357. The molecule has 0 aromatic heterocycles. The lowest BCUT2D eigenvalue weighted by atomic mass is 10.1. The van der Waals surface area contributed by atoms with Gasteiger partial charge in [0.2, 0.25) is 0 Å². The highest BCUT2D eigenvalue weighted by Crippen LogP contribution is 2.49. The van der Waals surface area contributed by atoms with E-state index >= 15 is 0 Å². The molecule has 1 aliphatic carbocycles. The molecule has 2 N–H and O–H groups in total. The SMILES string of the molecule is NC(=O)OC1(c2ccc(Cl)cc2)CC1. The Morgan fingerprint density at radius 3 is 2.36 bits per heavy atom. The van der Waals surface area contributed by atoms with E-state index in [9.17, 15) is 4.79 Å². The second-order valence-corrected chi connectivity index (χ2v) is 3.86.